The maximum atomic E-state index is 15.1. The van der Waals surface area contributed by atoms with Gasteiger partial charge in [-0.2, -0.15) is 13.2 Å². The second-order valence-electron chi connectivity index (χ2n) is 11.7. The number of nitrogens with zero attached hydrogens (tertiary/aromatic N) is 2. The van der Waals surface area contributed by atoms with Crippen molar-refractivity contribution in [2.45, 2.75) is 52.4 Å². The highest BCUT2D eigenvalue weighted by atomic mass is 35.5. The third kappa shape index (κ3) is 9.02. The van der Waals surface area contributed by atoms with Gasteiger partial charge in [-0.3, -0.25) is 14.5 Å². The fraction of sp³-hybridized carbons (Fsp3) is 0.533. The number of nitrogens with one attached hydrogen (secondary N) is 2. The van der Waals surface area contributed by atoms with Crippen LogP contribution in [-0.2, 0) is 11.3 Å². The average Bonchev–Trinajstić information content (AvgIpc) is 2.96. The van der Waals surface area contributed by atoms with Crippen LogP contribution in [0.25, 0.3) is 0 Å². The van der Waals surface area contributed by atoms with E-state index in [2.05, 4.69) is 10.6 Å². The molecular formula is C30H38ClF5N4O4. The Morgan fingerprint density at radius 1 is 1.07 bits per heavy atom. The van der Waals surface area contributed by atoms with Crippen molar-refractivity contribution in [3.05, 3.63) is 58.1 Å². The summed E-state index contributed by atoms with van der Waals surface area (Å²) in [4.78, 5) is 29.1. The zero-order chi connectivity index (χ0) is 32.8. The maximum Gasteiger partial charge on any atom is 0.390 e. The van der Waals surface area contributed by atoms with Crippen molar-refractivity contribution in [1.29, 1.82) is 0 Å². The number of benzene rings is 2. The number of halogens is 6. The zero-order valence-corrected chi connectivity index (χ0v) is 25.5. The molecule has 1 heterocycles. The van der Waals surface area contributed by atoms with Crippen molar-refractivity contribution in [3.8, 4) is 0 Å². The number of anilines is 2. The Labute approximate surface area is 258 Å². The Kier molecular flexibility index (Phi) is 12.0. The molecule has 3 rings (SSSR count). The third-order valence-corrected chi connectivity index (χ3v) is 7.91. The summed E-state index contributed by atoms with van der Waals surface area (Å²) in [6.07, 6.45) is -4.54. The molecule has 0 bridgehead atoms. The number of carbonyl (C=O) groups excluding carboxylic acids is 2. The standard InChI is InChI=1S/C30H38ClF5N4O4/c1-18(2)12-21-15-40(11-10-39(21)9-8-30(34,35)36)24-13-20(31)5-7-23(24)38-27(43)22-6-4-19(25(32)26(22)33)14-37-28(44)29(3,16-41)17-42/h4-7,13,18,21,41-42H,8-12,14-17H2,1-3H3,(H,37,44)(H,38,43)/t21-/m0/s1. The van der Waals surface area contributed by atoms with E-state index in [0.29, 0.717) is 36.8 Å². The molecule has 8 nitrogen and oxygen atoms in total. The summed E-state index contributed by atoms with van der Waals surface area (Å²) in [7, 11) is 0. The summed E-state index contributed by atoms with van der Waals surface area (Å²) in [5.41, 5.74) is -1.61. The van der Waals surface area contributed by atoms with E-state index in [0.717, 1.165) is 12.1 Å². The molecule has 0 aliphatic carbocycles. The van der Waals surface area contributed by atoms with Crippen LogP contribution in [0, 0.1) is 23.0 Å². The monoisotopic (exact) mass is 648 g/mol. The van der Waals surface area contributed by atoms with Gasteiger partial charge in [0, 0.05) is 49.4 Å². The molecule has 4 N–H and O–H groups in total. The molecule has 1 saturated heterocycles. The highest BCUT2D eigenvalue weighted by molar-refractivity contribution is 6.31. The minimum absolute atomic E-state index is 0.124. The molecule has 2 amide bonds. The summed E-state index contributed by atoms with van der Waals surface area (Å²) in [6, 6.07) is 6.65. The first-order valence-corrected chi connectivity index (χ1v) is 14.6. The summed E-state index contributed by atoms with van der Waals surface area (Å²) in [6.45, 7) is 4.44. The van der Waals surface area contributed by atoms with Crippen molar-refractivity contribution in [2.75, 3.05) is 49.6 Å². The number of piperazine rings is 1. The van der Waals surface area contributed by atoms with Crippen LogP contribution < -0.4 is 15.5 Å². The van der Waals surface area contributed by atoms with Gasteiger partial charge in [0.1, 0.15) is 0 Å². The lowest BCUT2D eigenvalue weighted by molar-refractivity contribution is -0.139. The van der Waals surface area contributed by atoms with E-state index in [4.69, 9.17) is 11.6 Å². The zero-order valence-electron chi connectivity index (χ0n) is 24.8. The van der Waals surface area contributed by atoms with E-state index in [-0.39, 0.29) is 29.8 Å². The van der Waals surface area contributed by atoms with E-state index in [1.165, 1.54) is 19.1 Å². The smallest absolute Gasteiger partial charge is 0.390 e. The molecule has 244 valence electrons. The van der Waals surface area contributed by atoms with Gasteiger partial charge in [0.15, 0.2) is 11.6 Å². The van der Waals surface area contributed by atoms with E-state index in [1.54, 1.807) is 6.07 Å². The molecule has 0 aromatic heterocycles. The molecule has 14 heteroatoms. The van der Waals surface area contributed by atoms with Gasteiger partial charge in [-0.1, -0.05) is 31.5 Å². The highest BCUT2D eigenvalue weighted by Crippen LogP contribution is 2.33. The minimum Gasteiger partial charge on any atom is -0.395 e. The van der Waals surface area contributed by atoms with E-state index >= 15 is 4.39 Å². The molecule has 1 aliphatic rings. The molecule has 2 aromatic carbocycles. The van der Waals surface area contributed by atoms with Gasteiger partial charge in [0.2, 0.25) is 5.91 Å². The molecule has 1 fully saturated rings. The Bertz CT molecular complexity index is 1320. The molecule has 44 heavy (non-hydrogen) atoms. The normalized spacial score (nSPS) is 16.4. The van der Waals surface area contributed by atoms with Crippen LogP contribution >= 0.6 is 11.6 Å². The molecule has 2 aromatic rings. The Morgan fingerprint density at radius 2 is 1.75 bits per heavy atom. The van der Waals surface area contributed by atoms with Crippen LogP contribution in [0.4, 0.5) is 33.3 Å². The summed E-state index contributed by atoms with van der Waals surface area (Å²) >= 11 is 6.26. The summed E-state index contributed by atoms with van der Waals surface area (Å²) < 4.78 is 68.8. The van der Waals surface area contributed by atoms with Gasteiger partial charge >= 0.3 is 6.18 Å². The Balaban J connectivity index is 1.79. The van der Waals surface area contributed by atoms with Gasteiger partial charge in [0.05, 0.1) is 42.0 Å². The van der Waals surface area contributed by atoms with E-state index in [9.17, 15) is 37.4 Å². The Morgan fingerprint density at radius 3 is 2.36 bits per heavy atom. The molecule has 0 unspecified atom stereocenters. The predicted octanol–water partition coefficient (Wildman–Crippen LogP) is 4.97. The van der Waals surface area contributed by atoms with Crippen molar-refractivity contribution in [1.82, 2.24) is 10.2 Å². The molecule has 1 atom stereocenters. The lowest BCUT2D eigenvalue weighted by Gasteiger charge is -2.43. The summed E-state index contributed by atoms with van der Waals surface area (Å²) in [5.74, 6) is -4.29. The van der Waals surface area contributed by atoms with Crippen LogP contribution in [0.2, 0.25) is 5.02 Å². The molecular weight excluding hydrogens is 611 g/mol. The van der Waals surface area contributed by atoms with Gasteiger partial charge in [-0.05, 0) is 43.5 Å². The fourth-order valence-corrected chi connectivity index (χ4v) is 5.16. The van der Waals surface area contributed by atoms with E-state index in [1.807, 2.05) is 23.6 Å². The molecule has 1 aliphatic heterocycles. The number of carbonyl (C=O) groups is 2. The number of hydrogen-bond donors (Lipinski definition) is 4. The van der Waals surface area contributed by atoms with Crippen LogP contribution in [0.3, 0.4) is 0 Å². The second kappa shape index (κ2) is 14.9. The second-order valence-corrected chi connectivity index (χ2v) is 12.1. The molecule has 0 saturated carbocycles. The fourth-order valence-electron chi connectivity index (χ4n) is 4.99. The Hall–Kier alpha value is -3.00. The number of alkyl halides is 3. The van der Waals surface area contributed by atoms with E-state index < -0.39 is 66.8 Å². The quantitative estimate of drug-likeness (QED) is 0.243. The lowest BCUT2D eigenvalue weighted by atomic mass is 9.92. The first-order valence-electron chi connectivity index (χ1n) is 14.2. The van der Waals surface area contributed by atoms with Gasteiger partial charge < -0.3 is 25.7 Å². The van der Waals surface area contributed by atoms with Crippen molar-refractivity contribution < 1.29 is 41.8 Å². The van der Waals surface area contributed by atoms with Gasteiger partial charge in [0.25, 0.3) is 5.91 Å². The number of aliphatic hydroxyl groups excluding tert-OH is 2. The van der Waals surface area contributed by atoms with Crippen LogP contribution in [0.5, 0.6) is 0 Å². The number of hydrogen-bond acceptors (Lipinski definition) is 6. The van der Waals surface area contributed by atoms with Gasteiger partial charge in [-0.15, -0.1) is 0 Å². The molecule has 0 radical (unpaired) electrons. The number of rotatable bonds is 12. The predicted molar refractivity (Wildman–Crippen MR) is 158 cm³/mol. The third-order valence-electron chi connectivity index (χ3n) is 7.67. The highest BCUT2D eigenvalue weighted by Gasteiger charge is 2.34. The molecule has 0 spiro atoms. The van der Waals surface area contributed by atoms with Crippen LogP contribution in [0.15, 0.2) is 30.3 Å². The number of aliphatic hydroxyl groups is 2. The van der Waals surface area contributed by atoms with Crippen LogP contribution in [0.1, 0.15) is 49.5 Å². The first kappa shape index (κ1) is 35.5. The topological polar surface area (TPSA) is 105 Å². The van der Waals surface area contributed by atoms with Crippen molar-refractivity contribution >= 4 is 34.8 Å². The summed E-state index contributed by atoms with van der Waals surface area (Å²) in [5, 5.41) is 24.0. The van der Waals surface area contributed by atoms with Crippen molar-refractivity contribution in [3.63, 3.8) is 0 Å². The average molecular weight is 649 g/mol. The lowest BCUT2D eigenvalue weighted by Crippen LogP contribution is -2.54. The largest absolute Gasteiger partial charge is 0.395 e. The van der Waals surface area contributed by atoms with Crippen molar-refractivity contribution in [2.24, 2.45) is 11.3 Å². The maximum absolute atomic E-state index is 15.1. The first-order chi connectivity index (χ1) is 20.6. The minimum atomic E-state index is -4.27. The SMILES string of the molecule is CC(C)C[C@H]1CN(c2cc(Cl)ccc2NC(=O)c2ccc(CNC(=O)C(C)(CO)CO)c(F)c2F)CCN1CCC(F)(F)F. The van der Waals surface area contributed by atoms with Gasteiger partial charge in [-0.25, -0.2) is 8.78 Å². The number of amides is 2. The van der Waals surface area contributed by atoms with Crippen LogP contribution in [-0.4, -0.2) is 78.5 Å².